The van der Waals surface area contributed by atoms with E-state index in [1.165, 1.54) is 18.2 Å². The Balaban J connectivity index is 0.00000264. The van der Waals surface area contributed by atoms with Crippen molar-refractivity contribution in [2.45, 2.75) is 25.3 Å². The minimum absolute atomic E-state index is 0. The zero-order valence-electron chi connectivity index (χ0n) is 12.4. The number of nitro groups is 1. The monoisotopic (exact) mass is 363 g/mol. The molecule has 2 rings (SSSR count). The first kappa shape index (κ1) is 19.5. The molecule has 1 saturated heterocycles. The van der Waals surface area contributed by atoms with Crippen LogP contribution in [0.25, 0.3) is 0 Å². The zero-order chi connectivity index (χ0) is 16.1. The minimum Gasteiger partial charge on any atom is -0.486 e. The molecule has 0 unspecified atom stereocenters. The molecule has 0 saturated carbocycles. The zero-order valence-corrected chi connectivity index (χ0v) is 14.0. The third kappa shape index (κ3) is 5.53. The standard InChI is InChI=1S/C14H18ClN3O4.ClH/c15-10-1-2-13(12(9-10)18(20)21)22-8-5-14(19)17-6-3-11(16)4-7-17;/h1-2,9,11H,3-8,16H2;1H. The van der Waals surface area contributed by atoms with Crippen molar-refractivity contribution in [1.29, 1.82) is 0 Å². The second-order valence-corrected chi connectivity index (χ2v) is 5.62. The highest BCUT2D eigenvalue weighted by molar-refractivity contribution is 6.30. The number of hydrogen-bond donors (Lipinski definition) is 1. The van der Waals surface area contributed by atoms with E-state index in [1.807, 2.05) is 0 Å². The van der Waals surface area contributed by atoms with Crippen LogP contribution in [0.4, 0.5) is 5.69 Å². The Hall–Kier alpha value is -1.57. The van der Waals surface area contributed by atoms with Crippen molar-refractivity contribution >= 4 is 35.6 Å². The van der Waals surface area contributed by atoms with Gasteiger partial charge < -0.3 is 15.4 Å². The molecule has 1 aliphatic heterocycles. The SMILES string of the molecule is Cl.NC1CCN(C(=O)CCOc2ccc(Cl)cc2[N+](=O)[O-])CC1. The number of likely N-dealkylation sites (tertiary alicyclic amines) is 1. The van der Waals surface area contributed by atoms with Gasteiger partial charge in [-0.05, 0) is 25.0 Å². The molecule has 2 N–H and O–H groups in total. The average Bonchev–Trinajstić information content (AvgIpc) is 2.49. The summed E-state index contributed by atoms with van der Waals surface area (Å²) in [6, 6.07) is 4.34. The lowest BCUT2D eigenvalue weighted by Crippen LogP contribution is -2.43. The summed E-state index contributed by atoms with van der Waals surface area (Å²) in [5.74, 6) is 0.0892. The normalized spacial score (nSPS) is 15.0. The molecule has 0 radical (unpaired) electrons. The van der Waals surface area contributed by atoms with Crippen molar-refractivity contribution < 1.29 is 14.5 Å². The molecule has 7 nitrogen and oxygen atoms in total. The van der Waals surface area contributed by atoms with E-state index < -0.39 is 4.92 Å². The third-order valence-corrected chi connectivity index (χ3v) is 3.82. The highest BCUT2D eigenvalue weighted by Crippen LogP contribution is 2.29. The Bertz CT molecular complexity index is 563. The van der Waals surface area contributed by atoms with Crippen LogP contribution < -0.4 is 10.5 Å². The van der Waals surface area contributed by atoms with Crippen LogP contribution in [0.1, 0.15) is 19.3 Å². The summed E-state index contributed by atoms with van der Waals surface area (Å²) >= 11 is 5.73. The van der Waals surface area contributed by atoms with Gasteiger partial charge in [-0.1, -0.05) is 11.6 Å². The molecule has 0 bridgehead atoms. The molecule has 1 aromatic rings. The minimum atomic E-state index is -0.560. The fourth-order valence-electron chi connectivity index (χ4n) is 2.31. The molecule has 9 heteroatoms. The summed E-state index contributed by atoms with van der Waals surface area (Å²) in [5.41, 5.74) is 5.59. The predicted octanol–water partition coefficient (Wildman–Crippen LogP) is 2.39. The highest BCUT2D eigenvalue weighted by Gasteiger charge is 2.21. The molecular weight excluding hydrogens is 345 g/mol. The number of carbonyl (C=O) groups excluding carboxylic acids is 1. The molecule has 0 atom stereocenters. The molecule has 1 aliphatic rings. The molecule has 1 fully saturated rings. The number of nitrogens with two attached hydrogens (primary N) is 1. The van der Waals surface area contributed by atoms with Crippen LogP contribution in [-0.2, 0) is 4.79 Å². The van der Waals surface area contributed by atoms with Gasteiger partial charge in [0.25, 0.3) is 0 Å². The number of benzene rings is 1. The Morgan fingerprint density at radius 3 is 2.70 bits per heavy atom. The molecule has 0 aliphatic carbocycles. The van der Waals surface area contributed by atoms with Crippen LogP contribution in [0, 0.1) is 10.1 Å². The van der Waals surface area contributed by atoms with Crippen LogP contribution in [0.3, 0.4) is 0 Å². The van der Waals surface area contributed by atoms with Crippen LogP contribution in [-0.4, -0.2) is 41.5 Å². The maximum Gasteiger partial charge on any atom is 0.312 e. The largest absolute Gasteiger partial charge is 0.486 e. The van der Waals surface area contributed by atoms with Gasteiger partial charge in [-0.25, -0.2) is 0 Å². The number of ether oxygens (including phenoxy) is 1. The summed E-state index contributed by atoms with van der Waals surface area (Å²) in [5, 5.41) is 11.2. The van der Waals surface area contributed by atoms with Crippen molar-refractivity contribution in [1.82, 2.24) is 4.90 Å². The van der Waals surface area contributed by atoms with Gasteiger partial charge in [-0.2, -0.15) is 0 Å². The lowest BCUT2D eigenvalue weighted by atomic mass is 10.1. The molecular formula is C14H19Cl2N3O4. The number of nitro benzene ring substituents is 1. The first-order valence-corrected chi connectivity index (χ1v) is 7.45. The molecule has 1 amide bonds. The number of amides is 1. The smallest absolute Gasteiger partial charge is 0.312 e. The number of piperidine rings is 1. The van der Waals surface area contributed by atoms with Crippen molar-refractivity contribution in [3.8, 4) is 5.75 Å². The lowest BCUT2D eigenvalue weighted by Gasteiger charge is -2.30. The van der Waals surface area contributed by atoms with E-state index in [0.717, 1.165) is 12.8 Å². The number of rotatable bonds is 5. The summed E-state index contributed by atoms with van der Waals surface area (Å²) in [7, 11) is 0. The average molecular weight is 364 g/mol. The number of hydrogen-bond acceptors (Lipinski definition) is 5. The predicted molar refractivity (Wildman–Crippen MR) is 89.3 cm³/mol. The van der Waals surface area contributed by atoms with E-state index >= 15 is 0 Å². The van der Waals surface area contributed by atoms with Gasteiger partial charge in [-0.3, -0.25) is 14.9 Å². The molecule has 1 heterocycles. The summed E-state index contributed by atoms with van der Waals surface area (Å²) in [4.78, 5) is 24.1. The summed E-state index contributed by atoms with van der Waals surface area (Å²) in [6.07, 6.45) is 1.78. The van der Waals surface area contributed by atoms with Gasteiger partial charge >= 0.3 is 5.69 Å². The number of carbonyl (C=O) groups is 1. The van der Waals surface area contributed by atoms with E-state index in [1.54, 1.807) is 4.90 Å². The van der Waals surface area contributed by atoms with Crippen LogP contribution in [0.15, 0.2) is 18.2 Å². The topological polar surface area (TPSA) is 98.7 Å². The maximum absolute atomic E-state index is 12.0. The van der Waals surface area contributed by atoms with Gasteiger partial charge in [0, 0.05) is 30.2 Å². The van der Waals surface area contributed by atoms with E-state index in [2.05, 4.69) is 0 Å². The van der Waals surface area contributed by atoms with Gasteiger partial charge in [0.15, 0.2) is 5.75 Å². The number of halogens is 2. The summed E-state index contributed by atoms with van der Waals surface area (Å²) in [6.45, 7) is 1.39. The fraction of sp³-hybridized carbons (Fsp3) is 0.500. The Labute approximate surface area is 145 Å². The molecule has 128 valence electrons. The molecule has 1 aromatic carbocycles. The quantitative estimate of drug-likeness (QED) is 0.639. The summed E-state index contributed by atoms with van der Waals surface area (Å²) < 4.78 is 5.36. The lowest BCUT2D eigenvalue weighted by molar-refractivity contribution is -0.385. The first-order valence-electron chi connectivity index (χ1n) is 7.07. The van der Waals surface area contributed by atoms with E-state index in [9.17, 15) is 14.9 Å². The molecule has 0 spiro atoms. The van der Waals surface area contributed by atoms with Crippen molar-refractivity contribution in [2.24, 2.45) is 5.73 Å². The van der Waals surface area contributed by atoms with E-state index in [0.29, 0.717) is 13.1 Å². The molecule has 23 heavy (non-hydrogen) atoms. The third-order valence-electron chi connectivity index (χ3n) is 3.58. The second-order valence-electron chi connectivity index (χ2n) is 5.19. The second kappa shape index (κ2) is 8.90. The van der Waals surface area contributed by atoms with Crippen LogP contribution in [0.2, 0.25) is 5.02 Å². The van der Waals surface area contributed by atoms with Crippen molar-refractivity contribution in [2.75, 3.05) is 19.7 Å². The van der Waals surface area contributed by atoms with Gasteiger partial charge in [0.2, 0.25) is 5.91 Å². The Kier molecular flexibility index (Phi) is 7.54. The Morgan fingerprint density at radius 2 is 2.09 bits per heavy atom. The first-order chi connectivity index (χ1) is 10.5. The van der Waals surface area contributed by atoms with Crippen LogP contribution >= 0.6 is 24.0 Å². The van der Waals surface area contributed by atoms with Gasteiger partial charge in [-0.15, -0.1) is 12.4 Å². The van der Waals surface area contributed by atoms with Gasteiger partial charge in [0.1, 0.15) is 0 Å². The highest BCUT2D eigenvalue weighted by atomic mass is 35.5. The van der Waals surface area contributed by atoms with Crippen LogP contribution in [0.5, 0.6) is 5.75 Å². The molecule has 0 aromatic heterocycles. The van der Waals surface area contributed by atoms with Crippen molar-refractivity contribution in [3.63, 3.8) is 0 Å². The maximum atomic E-state index is 12.0. The Morgan fingerprint density at radius 1 is 1.43 bits per heavy atom. The van der Waals surface area contributed by atoms with Crippen molar-refractivity contribution in [3.05, 3.63) is 33.3 Å². The van der Waals surface area contributed by atoms with Gasteiger partial charge in [0.05, 0.1) is 18.0 Å². The fourth-order valence-corrected chi connectivity index (χ4v) is 2.48. The van der Waals surface area contributed by atoms with E-state index in [4.69, 9.17) is 22.1 Å². The van der Waals surface area contributed by atoms with E-state index in [-0.39, 0.29) is 53.8 Å². The number of nitrogens with zero attached hydrogens (tertiary/aromatic N) is 2.